The van der Waals surface area contributed by atoms with E-state index in [0.717, 1.165) is 17.6 Å². The topological polar surface area (TPSA) is 113 Å². The van der Waals surface area contributed by atoms with Gasteiger partial charge in [-0.05, 0) is 23.8 Å². The van der Waals surface area contributed by atoms with E-state index in [1.165, 1.54) is 6.20 Å². The summed E-state index contributed by atoms with van der Waals surface area (Å²) in [6.07, 6.45) is 4.01. The highest BCUT2D eigenvalue weighted by Crippen LogP contribution is 2.25. The number of rotatable bonds is 5. The normalized spacial score (nSPS) is 11.4. The van der Waals surface area contributed by atoms with Gasteiger partial charge in [0, 0.05) is 12.5 Å². The molecule has 0 aliphatic rings. The van der Waals surface area contributed by atoms with E-state index in [0.29, 0.717) is 23.6 Å². The number of nitrogens with two attached hydrogens (primary N) is 1. The lowest BCUT2D eigenvalue weighted by Crippen LogP contribution is -2.07. The summed E-state index contributed by atoms with van der Waals surface area (Å²) < 4.78 is 30.0. The molecule has 2 heterocycles. The summed E-state index contributed by atoms with van der Waals surface area (Å²) in [5.74, 6) is 1.17. The minimum Gasteiger partial charge on any atom is -0.497 e. The van der Waals surface area contributed by atoms with Crippen molar-refractivity contribution in [2.45, 2.75) is 11.7 Å². The van der Waals surface area contributed by atoms with Crippen LogP contribution in [0.1, 0.15) is 5.56 Å². The number of methoxy groups -OCH3 is 1. The number of aromatic nitrogens is 4. The highest BCUT2D eigenvalue weighted by atomic mass is 32.2. The molecule has 3 aromatic rings. The molecule has 0 atom stereocenters. The van der Waals surface area contributed by atoms with Gasteiger partial charge in [0.15, 0.2) is 0 Å². The summed E-state index contributed by atoms with van der Waals surface area (Å²) in [4.78, 5) is 7.85. The molecule has 0 aliphatic carbocycles. The number of nitrogens with zero attached hydrogens (tertiary/aromatic N) is 4. The average molecular weight is 359 g/mol. The molecule has 2 aromatic heterocycles. The zero-order valence-electron chi connectivity index (χ0n) is 13.7. The van der Waals surface area contributed by atoms with E-state index in [1.54, 1.807) is 24.1 Å². The Morgan fingerprint density at radius 1 is 1.20 bits per heavy atom. The van der Waals surface area contributed by atoms with Gasteiger partial charge >= 0.3 is 0 Å². The summed E-state index contributed by atoms with van der Waals surface area (Å²) in [7, 11) is -1.89. The van der Waals surface area contributed by atoms with E-state index in [1.807, 2.05) is 24.3 Å². The third-order valence-corrected chi connectivity index (χ3v) is 4.47. The Labute approximate surface area is 145 Å². The molecule has 0 saturated heterocycles. The van der Waals surface area contributed by atoms with Gasteiger partial charge in [-0.1, -0.05) is 12.1 Å². The van der Waals surface area contributed by atoms with Crippen molar-refractivity contribution in [2.75, 3.05) is 19.1 Å². The van der Waals surface area contributed by atoms with Crippen LogP contribution < -0.4 is 10.5 Å². The number of sulfone groups is 1. The second-order valence-electron chi connectivity index (χ2n) is 5.45. The summed E-state index contributed by atoms with van der Waals surface area (Å²) in [5, 5.41) is 4.03. The Kier molecular flexibility index (Phi) is 4.41. The molecule has 3 rings (SSSR count). The molecule has 2 N–H and O–H groups in total. The first-order valence-electron chi connectivity index (χ1n) is 7.36. The molecule has 0 fully saturated rings. The Morgan fingerprint density at radius 3 is 2.56 bits per heavy atom. The van der Waals surface area contributed by atoms with E-state index in [-0.39, 0.29) is 5.16 Å². The standard InChI is InChI=1S/C16H17N5O3S/c1-24-12-5-3-11(4-6-12)10-21-15(17)13(9-19-21)14-7-8-18-16(20-14)25(2,22)23/h3-9H,10,17H2,1-2H3. The fraction of sp³-hybridized carbons (Fsp3) is 0.188. The van der Waals surface area contributed by atoms with Gasteiger partial charge in [0.25, 0.3) is 0 Å². The van der Waals surface area contributed by atoms with Gasteiger partial charge in [-0.15, -0.1) is 0 Å². The van der Waals surface area contributed by atoms with E-state index in [2.05, 4.69) is 15.1 Å². The van der Waals surface area contributed by atoms with E-state index in [4.69, 9.17) is 10.5 Å². The van der Waals surface area contributed by atoms with Crippen molar-refractivity contribution in [2.24, 2.45) is 0 Å². The fourth-order valence-corrected chi connectivity index (χ4v) is 2.81. The highest BCUT2D eigenvalue weighted by Gasteiger charge is 2.16. The average Bonchev–Trinajstić information content (AvgIpc) is 2.96. The van der Waals surface area contributed by atoms with Crippen LogP contribution in [0.5, 0.6) is 5.75 Å². The number of anilines is 1. The number of benzene rings is 1. The number of hydrogen-bond donors (Lipinski definition) is 1. The third kappa shape index (κ3) is 3.61. The highest BCUT2D eigenvalue weighted by molar-refractivity contribution is 7.90. The lowest BCUT2D eigenvalue weighted by atomic mass is 10.2. The number of hydrogen-bond acceptors (Lipinski definition) is 7. The van der Waals surface area contributed by atoms with Crippen molar-refractivity contribution in [3.63, 3.8) is 0 Å². The molecule has 25 heavy (non-hydrogen) atoms. The maximum absolute atomic E-state index is 11.6. The first kappa shape index (κ1) is 16.9. The molecule has 0 aliphatic heterocycles. The van der Waals surface area contributed by atoms with Crippen molar-refractivity contribution in [1.29, 1.82) is 0 Å². The summed E-state index contributed by atoms with van der Waals surface area (Å²) in [5.41, 5.74) is 8.13. The molecular weight excluding hydrogens is 342 g/mol. The fourth-order valence-electron chi connectivity index (χ4n) is 2.29. The van der Waals surface area contributed by atoms with E-state index >= 15 is 0 Å². The Morgan fingerprint density at radius 2 is 1.92 bits per heavy atom. The lowest BCUT2D eigenvalue weighted by Gasteiger charge is -2.07. The van der Waals surface area contributed by atoms with Crippen LogP contribution in [0.25, 0.3) is 11.3 Å². The largest absolute Gasteiger partial charge is 0.497 e. The Hall–Kier alpha value is -2.94. The third-order valence-electron chi connectivity index (χ3n) is 3.61. The zero-order chi connectivity index (χ0) is 18.0. The second kappa shape index (κ2) is 6.52. The Balaban J connectivity index is 1.91. The molecule has 1 aromatic carbocycles. The number of ether oxygens (including phenoxy) is 1. The van der Waals surface area contributed by atoms with Crippen LogP contribution >= 0.6 is 0 Å². The molecule has 0 bridgehead atoms. The number of nitrogen functional groups attached to an aromatic ring is 1. The predicted molar refractivity (Wildman–Crippen MR) is 92.9 cm³/mol. The van der Waals surface area contributed by atoms with E-state index in [9.17, 15) is 8.42 Å². The maximum atomic E-state index is 11.6. The van der Waals surface area contributed by atoms with Crippen LogP contribution in [0.4, 0.5) is 5.82 Å². The van der Waals surface area contributed by atoms with Crippen molar-refractivity contribution in [3.05, 3.63) is 48.3 Å². The molecule has 0 radical (unpaired) electrons. The van der Waals surface area contributed by atoms with Crippen molar-refractivity contribution >= 4 is 15.7 Å². The first-order chi connectivity index (χ1) is 11.9. The molecule has 0 unspecified atom stereocenters. The van der Waals surface area contributed by atoms with E-state index < -0.39 is 9.84 Å². The molecule has 0 amide bonds. The Bertz CT molecular complexity index is 997. The van der Waals surface area contributed by atoms with Gasteiger partial charge in [0.1, 0.15) is 11.6 Å². The first-order valence-corrected chi connectivity index (χ1v) is 9.25. The quantitative estimate of drug-likeness (QED) is 0.685. The van der Waals surface area contributed by atoms with Crippen molar-refractivity contribution < 1.29 is 13.2 Å². The van der Waals surface area contributed by atoms with Crippen LogP contribution in [0.2, 0.25) is 0 Å². The van der Waals surface area contributed by atoms with Crippen LogP contribution in [-0.2, 0) is 16.4 Å². The molecule has 9 heteroatoms. The minimum atomic E-state index is -3.50. The van der Waals surface area contributed by atoms with Crippen molar-refractivity contribution in [3.8, 4) is 17.0 Å². The van der Waals surface area contributed by atoms with Gasteiger partial charge in [-0.2, -0.15) is 5.10 Å². The van der Waals surface area contributed by atoms with Crippen LogP contribution in [0.15, 0.2) is 47.9 Å². The molecule has 0 saturated carbocycles. The molecule has 130 valence electrons. The monoisotopic (exact) mass is 359 g/mol. The summed E-state index contributed by atoms with van der Waals surface area (Å²) in [6.45, 7) is 0.472. The maximum Gasteiger partial charge on any atom is 0.247 e. The van der Waals surface area contributed by atoms with Crippen LogP contribution in [0.3, 0.4) is 0 Å². The zero-order valence-corrected chi connectivity index (χ0v) is 14.6. The smallest absolute Gasteiger partial charge is 0.247 e. The molecule has 8 nitrogen and oxygen atoms in total. The molecule has 0 spiro atoms. The molecular formula is C16H17N5O3S. The van der Waals surface area contributed by atoms with Gasteiger partial charge < -0.3 is 10.5 Å². The SMILES string of the molecule is COc1ccc(Cn2ncc(-c3ccnc(S(C)(=O)=O)n3)c2N)cc1. The second-order valence-corrected chi connectivity index (χ2v) is 7.36. The van der Waals surface area contributed by atoms with Gasteiger partial charge in [0.05, 0.1) is 31.1 Å². The van der Waals surface area contributed by atoms with Gasteiger partial charge in [-0.3, -0.25) is 0 Å². The minimum absolute atomic E-state index is 0.243. The lowest BCUT2D eigenvalue weighted by molar-refractivity contribution is 0.414. The van der Waals surface area contributed by atoms with Crippen LogP contribution in [0, 0.1) is 0 Å². The van der Waals surface area contributed by atoms with Gasteiger partial charge in [0.2, 0.25) is 15.0 Å². The summed E-state index contributed by atoms with van der Waals surface area (Å²) >= 11 is 0. The van der Waals surface area contributed by atoms with Crippen LogP contribution in [-0.4, -0.2) is 41.5 Å². The van der Waals surface area contributed by atoms with Gasteiger partial charge in [-0.25, -0.2) is 23.1 Å². The summed E-state index contributed by atoms with van der Waals surface area (Å²) in [6, 6.07) is 9.16. The predicted octanol–water partition coefficient (Wildman–Crippen LogP) is 1.38. The van der Waals surface area contributed by atoms with Crippen molar-refractivity contribution in [1.82, 2.24) is 19.7 Å².